The number of unbranched alkanes of at least 4 members (excludes halogenated alkanes) is 14. The van der Waals surface area contributed by atoms with Gasteiger partial charge in [0.1, 0.15) is 13.2 Å². The molecule has 0 aliphatic rings. The Kier molecular flexibility index (Phi) is 49.7. The van der Waals surface area contributed by atoms with Crippen molar-refractivity contribution in [2.75, 3.05) is 13.2 Å². The maximum absolute atomic E-state index is 12.8. The van der Waals surface area contributed by atoms with Crippen LogP contribution in [0, 0.1) is 0 Å². The number of carbonyl (C=O) groups is 3. The molecule has 68 heavy (non-hydrogen) atoms. The summed E-state index contributed by atoms with van der Waals surface area (Å²) in [6.07, 6.45) is 81.6. The third kappa shape index (κ3) is 51.5. The summed E-state index contributed by atoms with van der Waals surface area (Å²) >= 11 is 0. The summed E-state index contributed by atoms with van der Waals surface area (Å²) in [5, 5.41) is 0. The van der Waals surface area contributed by atoms with Gasteiger partial charge >= 0.3 is 17.9 Å². The zero-order valence-electron chi connectivity index (χ0n) is 42.5. The van der Waals surface area contributed by atoms with Crippen LogP contribution in [-0.2, 0) is 28.6 Å². The van der Waals surface area contributed by atoms with Crippen LogP contribution in [-0.4, -0.2) is 37.2 Å². The zero-order valence-corrected chi connectivity index (χ0v) is 42.5. The maximum atomic E-state index is 12.8. The lowest BCUT2D eigenvalue weighted by Crippen LogP contribution is -2.30. The average molecular weight is 931 g/mol. The van der Waals surface area contributed by atoms with E-state index in [1.807, 2.05) is 128 Å². The van der Waals surface area contributed by atoms with Crippen molar-refractivity contribution in [2.45, 2.75) is 175 Å². The van der Waals surface area contributed by atoms with Gasteiger partial charge in [-0.25, -0.2) is 0 Å². The molecule has 0 aliphatic carbocycles. The van der Waals surface area contributed by atoms with Crippen molar-refractivity contribution in [1.82, 2.24) is 0 Å². The normalized spacial score (nSPS) is 13.6. The molecule has 0 heterocycles. The molecule has 6 heteroatoms. The van der Waals surface area contributed by atoms with Crippen LogP contribution < -0.4 is 0 Å². The SMILES string of the molecule is CC\C=C/C=C\C=C/C=C\C=C/CCCC(=O)OCC(COC(=O)CCCCC\C=C/C=C\C=C\C=C/C=C\C=C/C=C\CC)OC(=O)CCCCCCC\C=C/C=C\C=C/CCCCCCC. The van der Waals surface area contributed by atoms with E-state index in [9.17, 15) is 14.4 Å². The van der Waals surface area contributed by atoms with Gasteiger partial charge in [0.15, 0.2) is 6.10 Å². The smallest absolute Gasteiger partial charge is 0.306 e. The third-order valence-corrected chi connectivity index (χ3v) is 10.0. The Balaban J connectivity index is 4.67. The topological polar surface area (TPSA) is 78.9 Å². The van der Waals surface area contributed by atoms with Gasteiger partial charge < -0.3 is 14.2 Å². The standard InChI is InChI=1S/C62H90O6/c1-4-7-10-13-16-19-22-25-27-29-31-33-34-37-40-43-46-49-52-55-61(64)67-58-59(57-66-60(63)54-51-48-45-42-39-36-24-21-18-15-12-9-6-3)68-62(65)56-53-50-47-44-41-38-35-32-30-28-26-23-20-17-14-11-8-5-2/h7,9-10,12-13,15-16,18-19,21-37,39-40,42,45,59H,4-6,8,11,14,17,20,38,41,43-44,46-58H2,1-3H3/b10-7-,12-9-,16-13-,18-15-,22-19-,24-21-,26-23-,27-25-,30-28-,31-29+,34-33-,35-32-,39-36-,40-37-,45-42-. The Bertz CT molecular complexity index is 1680. The van der Waals surface area contributed by atoms with Crippen LogP contribution in [0.1, 0.15) is 168 Å². The molecule has 0 N–H and O–H groups in total. The highest BCUT2D eigenvalue weighted by atomic mass is 16.6. The third-order valence-electron chi connectivity index (χ3n) is 10.0. The van der Waals surface area contributed by atoms with Crippen LogP contribution in [0.5, 0.6) is 0 Å². The fourth-order valence-corrected chi connectivity index (χ4v) is 6.16. The summed E-state index contributed by atoms with van der Waals surface area (Å²) in [7, 11) is 0. The first-order valence-electron chi connectivity index (χ1n) is 26.0. The number of carbonyl (C=O) groups excluding carboxylic acids is 3. The van der Waals surface area contributed by atoms with E-state index in [2.05, 4.69) is 75.5 Å². The highest BCUT2D eigenvalue weighted by Crippen LogP contribution is 2.11. The Hall–Kier alpha value is -5.49. The van der Waals surface area contributed by atoms with Crippen LogP contribution in [0.2, 0.25) is 0 Å². The van der Waals surface area contributed by atoms with Gasteiger partial charge in [0.2, 0.25) is 0 Å². The molecular formula is C62H90O6. The van der Waals surface area contributed by atoms with E-state index in [0.717, 1.165) is 83.5 Å². The molecule has 0 bridgehead atoms. The summed E-state index contributed by atoms with van der Waals surface area (Å²) in [6, 6.07) is 0. The number of hydrogen-bond acceptors (Lipinski definition) is 6. The monoisotopic (exact) mass is 931 g/mol. The van der Waals surface area contributed by atoms with Gasteiger partial charge in [-0.1, -0.05) is 254 Å². The van der Waals surface area contributed by atoms with Gasteiger partial charge in [-0.2, -0.15) is 0 Å². The molecular weight excluding hydrogens is 841 g/mol. The Morgan fingerprint density at radius 3 is 0.971 bits per heavy atom. The van der Waals surface area contributed by atoms with Crippen LogP contribution in [0.4, 0.5) is 0 Å². The van der Waals surface area contributed by atoms with E-state index in [-0.39, 0.29) is 50.4 Å². The van der Waals surface area contributed by atoms with Crippen molar-refractivity contribution in [1.29, 1.82) is 0 Å². The lowest BCUT2D eigenvalue weighted by atomic mass is 10.1. The lowest BCUT2D eigenvalue weighted by molar-refractivity contribution is -0.167. The van der Waals surface area contributed by atoms with E-state index in [4.69, 9.17) is 14.2 Å². The minimum absolute atomic E-state index is 0.144. The molecule has 0 aromatic heterocycles. The number of esters is 3. The average Bonchev–Trinajstić information content (AvgIpc) is 3.34. The summed E-state index contributed by atoms with van der Waals surface area (Å²) in [5.41, 5.74) is 0. The molecule has 374 valence electrons. The number of allylic oxidation sites excluding steroid dienone is 30. The minimum atomic E-state index is -0.848. The van der Waals surface area contributed by atoms with E-state index < -0.39 is 6.10 Å². The molecule has 0 saturated carbocycles. The molecule has 0 amide bonds. The Labute approximate surface area is 414 Å². The molecule has 0 saturated heterocycles. The quantitative estimate of drug-likeness (QED) is 0.0262. The van der Waals surface area contributed by atoms with Crippen molar-refractivity contribution >= 4 is 17.9 Å². The minimum Gasteiger partial charge on any atom is -0.462 e. The van der Waals surface area contributed by atoms with Gasteiger partial charge in [-0.15, -0.1) is 0 Å². The predicted molar refractivity (Wildman–Crippen MR) is 292 cm³/mol. The van der Waals surface area contributed by atoms with Gasteiger partial charge in [-0.05, 0) is 77.0 Å². The van der Waals surface area contributed by atoms with E-state index in [1.54, 1.807) is 0 Å². The summed E-state index contributed by atoms with van der Waals surface area (Å²) in [4.78, 5) is 38.0. The molecule has 1 unspecified atom stereocenters. The predicted octanol–water partition coefficient (Wildman–Crippen LogP) is 17.4. The number of hydrogen-bond donors (Lipinski definition) is 0. The second-order valence-electron chi connectivity index (χ2n) is 16.3. The molecule has 0 rings (SSSR count). The number of rotatable bonds is 43. The first-order chi connectivity index (χ1) is 33.5. The Morgan fingerprint density at radius 2 is 0.588 bits per heavy atom. The van der Waals surface area contributed by atoms with Gasteiger partial charge in [0.25, 0.3) is 0 Å². The molecule has 0 aliphatic heterocycles. The summed E-state index contributed by atoms with van der Waals surface area (Å²) in [6.45, 7) is 6.17. The molecule has 0 aromatic carbocycles. The van der Waals surface area contributed by atoms with Crippen molar-refractivity contribution in [3.05, 3.63) is 182 Å². The molecule has 0 fully saturated rings. The Morgan fingerprint density at radius 1 is 0.309 bits per heavy atom. The van der Waals surface area contributed by atoms with Gasteiger partial charge in [-0.3, -0.25) is 14.4 Å². The first kappa shape index (κ1) is 62.5. The summed E-state index contributed by atoms with van der Waals surface area (Å²) in [5.74, 6) is -1.10. The van der Waals surface area contributed by atoms with Crippen LogP contribution in [0.25, 0.3) is 0 Å². The molecule has 0 radical (unpaired) electrons. The van der Waals surface area contributed by atoms with E-state index in [0.29, 0.717) is 12.8 Å². The molecule has 0 spiro atoms. The molecule has 1 atom stereocenters. The molecule has 0 aromatic rings. The van der Waals surface area contributed by atoms with Crippen molar-refractivity contribution in [2.24, 2.45) is 0 Å². The van der Waals surface area contributed by atoms with Crippen molar-refractivity contribution in [3.63, 3.8) is 0 Å². The van der Waals surface area contributed by atoms with E-state index in [1.165, 1.54) is 32.1 Å². The van der Waals surface area contributed by atoms with Crippen LogP contribution in [0.3, 0.4) is 0 Å². The highest BCUT2D eigenvalue weighted by molar-refractivity contribution is 5.71. The highest BCUT2D eigenvalue weighted by Gasteiger charge is 2.19. The maximum Gasteiger partial charge on any atom is 0.306 e. The summed E-state index contributed by atoms with van der Waals surface area (Å²) < 4.78 is 16.7. The van der Waals surface area contributed by atoms with Gasteiger partial charge in [0, 0.05) is 19.3 Å². The van der Waals surface area contributed by atoms with E-state index >= 15 is 0 Å². The van der Waals surface area contributed by atoms with Crippen molar-refractivity contribution in [3.8, 4) is 0 Å². The first-order valence-corrected chi connectivity index (χ1v) is 26.0. The number of ether oxygens (including phenoxy) is 3. The van der Waals surface area contributed by atoms with Crippen molar-refractivity contribution < 1.29 is 28.6 Å². The second kappa shape index (κ2) is 54.1. The largest absolute Gasteiger partial charge is 0.462 e. The van der Waals surface area contributed by atoms with Crippen LogP contribution >= 0.6 is 0 Å². The second-order valence-corrected chi connectivity index (χ2v) is 16.3. The lowest BCUT2D eigenvalue weighted by Gasteiger charge is -2.18. The zero-order chi connectivity index (χ0) is 49.3. The fraction of sp³-hybridized carbons (Fsp3) is 0.468. The fourth-order valence-electron chi connectivity index (χ4n) is 6.16. The van der Waals surface area contributed by atoms with Gasteiger partial charge in [0.05, 0.1) is 0 Å². The molecule has 6 nitrogen and oxygen atoms in total. The van der Waals surface area contributed by atoms with Crippen LogP contribution in [0.15, 0.2) is 182 Å².